The van der Waals surface area contributed by atoms with Crippen molar-refractivity contribution in [2.45, 2.75) is 47.8 Å². The highest BCUT2D eigenvalue weighted by molar-refractivity contribution is 7.89. The molecule has 2 fully saturated rings. The standard InChI is InChI=1S/C17H18N4O3S.C13H18N4O3S/c22-17(13-5-2-1-3-6-13)8-11-21(12-9-17)25(23,24)16-14-7-4-10-18-15(14)19-20-16;18-9-5-10-3-7-17(8-4-10)21(19,20)13-11-2-1-6-14-12(11)15-16-13/h1-7,10,22H,8-9,11-12H2,(H,18,19,20);1-2,6,10,18H,3-5,7-9H2,(H,14,15,16). The van der Waals surface area contributed by atoms with Crippen molar-refractivity contribution in [3.05, 3.63) is 72.6 Å². The number of pyridine rings is 2. The molecule has 0 spiro atoms. The molecule has 16 heteroatoms. The van der Waals surface area contributed by atoms with Crippen LogP contribution in [0.4, 0.5) is 0 Å². The Balaban J connectivity index is 0.000000164. The SMILES string of the molecule is O=S(=O)(c1[nH]nc2ncccc12)N1CCC(CCO)CC1.O=S(=O)(c1[nH]nc2ncccc12)N1CCC(O)(c2ccccc2)CC1. The van der Waals surface area contributed by atoms with Gasteiger partial charge in [-0.25, -0.2) is 26.8 Å². The first kappa shape index (κ1) is 32.2. The zero-order valence-electron chi connectivity index (χ0n) is 25.0. The van der Waals surface area contributed by atoms with E-state index in [-0.39, 0.29) is 29.7 Å². The zero-order chi connectivity index (χ0) is 32.4. The average Bonchev–Trinajstić information content (AvgIpc) is 3.72. The van der Waals surface area contributed by atoms with Gasteiger partial charge >= 0.3 is 0 Å². The van der Waals surface area contributed by atoms with E-state index >= 15 is 0 Å². The Morgan fingerprint density at radius 2 is 1.24 bits per heavy atom. The molecule has 0 amide bonds. The maximum Gasteiger partial charge on any atom is 0.260 e. The lowest BCUT2D eigenvalue weighted by Gasteiger charge is -2.37. The summed E-state index contributed by atoms with van der Waals surface area (Å²) in [5.41, 5.74) is 0.610. The fourth-order valence-electron chi connectivity index (χ4n) is 6.06. The molecular formula is C30H36N8O6S2. The highest BCUT2D eigenvalue weighted by atomic mass is 32.2. The molecule has 7 rings (SSSR count). The van der Waals surface area contributed by atoms with Gasteiger partial charge in [0.05, 0.1) is 16.4 Å². The monoisotopic (exact) mass is 668 g/mol. The number of aromatic nitrogens is 6. The second kappa shape index (κ2) is 13.1. The highest BCUT2D eigenvalue weighted by Gasteiger charge is 2.39. The van der Waals surface area contributed by atoms with E-state index in [1.165, 1.54) is 8.61 Å². The van der Waals surface area contributed by atoms with Crippen molar-refractivity contribution >= 4 is 42.1 Å². The molecule has 0 radical (unpaired) electrons. The molecule has 2 aliphatic rings. The first-order valence-electron chi connectivity index (χ1n) is 15.1. The van der Waals surface area contributed by atoms with Crippen LogP contribution in [0, 0.1) is 5.92 Å². The third-order valence-corrected chi connectivity index (χ3v) is 12.5. The molecule has 4 N–H and O–H groups in total. The van der Waals surface area contributed by atoms with Crippen LogP contribution in [0.25, 0.3) is 22.1 Å². The van der Waals surface area contributed by atoms with Crippen molar-refractivity contribution in [2.75, 3.05) is 32.8 Å². The molecule has 0 atom stereocenters. The predicted octanol–water partition coefficient (Wildman–Crippen LogP) is 2.37. The number of nitrogens with zero attached hydrogens (tertiary/aromatic N) is 6. The molecule has 5 aromatic rings. The summed E-state index contributed by atoms with van der Waals surface area (Å²) in [4.78, 5) is 8.10. The number of H-pyrrole nitrogens is 2. The zero-order valence-corrected chi connectivity index (χ0v) is 26.7. The van der Waals surface area contributed by atoms with Crippen molar-refractivity contribution in [2.24, 2.45) is 5.92 Å². The van der Waals surface area contributed by atoms with Crippen molar-refractivity contribution in [3.8, 4) is 0 Å². The van der Waals surface area contributed by atoms with Gasteiger partial charge in [0.1, 0.15) is 0 Å². The number of benzene rings is 1. The molecule has 2 saturated heterocycles. The molecule has 0 saturated carbocycles. The van der Waals surface area contributed by atoms with Crippen LogP contribution in [0.2, 0.25) is 0 Å². The molecule has 0 bridgehead atoms. The molecule has 2 aliphatic heterocycles. The van der Waals surface area contributed by atoms with Gasteiger partial charge in [-0.3, -0.25) is 10.2 Å². The normalized spacial score (nSPS) is 18.4. The number of rotatable bonds is 7. The summed E-state index contributed by atoms with van der Waals surface area (Å²) >= 11 is 0. The third kappa shape index (κ3) is 6.28. The third-order valence-electron chi connectivity index (χ3n) is 8.76. The van der Waals surface area contributed by atoms with Crippen molar-refractivity contribution < 1.29 is 27.0 Å². The molecule has 0 aliphatic carbocycles. The Kier molecular flexibility index (Phi) is 9.18. The van der Waals surface area contributed by atoms with Crippen molar-refractivity contribution in [3.63, 3.8) is 0 Å². The molecule has 1 aromatic carbocycles. The van der Waals surface area contributed by atoms with Crippen molar-refractivity contribution in [1.82, 2.24) is 39.0 Å². The number of fused-ring (bicyclic) bond motifs is 2. The second-order valence-electron chi connectivity index (χ2n) is 11.5. The van der Waals surface area contributed by atoms with Crippen LogP contribution in [-0.4, -0.2) is 98.8 Å². The van der Waals surface area contributed by atoms with Crippen LogP contribution in [0.1, 0.15) is 37.7 Å². The molecular weight excluding hydrogens is 633 g/mol. The van der Waals surface area contributed by atoms with Gasteiger partial charge in [0.2, 0.25) is 0 Å². The van der Waals surface area contributed by atoms with Crippen LogP contribution < -0.4 is 0 Å². The van der Waals surface area contributed by atoms with Gasteiger partial charge in [-0.05, 0) is 67.9 Å². The predicted molar refractivity (Wildman–Crippen MR) is 169 cm³/mol. The fourth-order valence-corrected chi connectivity index (χ4v) is 9.13. The van der Waals surface area contributed by atoms with E-state index < -0.39 is 25.6 Å². The van der Waals surface area contributed by atoms with Gasteiger partial charge in [-0.2, -0.15) is 18.8 Å². The Hall–Kier alpha value is -3.80. The van der Waals surface area contributed by atoms with Crippen LogP contribution in [0.3, 0.4) is 0 Å². The van der Waals surface area contributed by atoms with E-state index in [4.69, 9.17) is 5.11 Å². The van der Waals surface area contributed by atoms with Gasteiger partial charge in [0.15, 0.2) is 21.3 Å². The Bertz CT molecular complexity index is 2000. The molecule has 14 nitrogen and oxygen atoms in total. The van der Waals surface area contributed by atoms with Gasteiger partial charge in [-0.15, -0.1) is 0 Å². The van der Waals surface area contributed by atoms with Crippen molar-refractivity contribution in [1.29, 1.82) is 0 Å². The van der Waals surface area contributed by atoms with E-state index in [2.05, 4.69) is 30.4 Å². The first-order valence-corrected chi connectivity index (χ1v) is 18.0. The smallest absolute Gasteiger partial charge is 0.260 e. The number of sulfonamides is 2. The largest absolute Gasteiger partial charge is 0.396 e. The summed E-state index contributed by atoms with van der Waals surface area (Å²) in [5.74, 6) is 0.404. The van der Waals surface area contributed by atoms with E-state index in [0.29, 0.717) is 53.9 Å². The second-order valence-corrected chi connectivity index (χ2v) is 15.3. The lowest BCUT2D eigenvalue weighted by Crippen LogP contribution is -2.45. The number of aliphatic hydroxyl groups is 2. The number of hydrogen-bond donors (Lipinski definition) is 4. The molecule has 6 heterocycles. The highest BCUT2D eigenvalue weighted by Crippen LogP contribution is 2.35. The quantitative estimate of drug-likeness (QED) is 0.200. The minimum Gasteiger partial charge on any atom is -0.396 e. The molecule has 244 valence electrons. The maximum atomic E-state index is 13.0. The Labute approximate surface area is 266 Å². The summed E-state index contributed by atoms with van der Waals surface area (Å²) < 4.78 is 54.2. The van der Waals surface area contributed by atoms with Crippen LogP contribution in [0.5, 0.6) is 0 Å². The summed E-state index contributed by atoms with van der Waals surface area (Å²) in [7, 11) is -7.28. The Morgan fingerprint density at radius 1 is 0.739 bits per heavy atom. The van der Waals surface area contributed by atoms with Crippen LogP contribution in [-0.2, 0) is 25.6 Å². The number of nitrogens with one attached hydrogen (secondary N) is 2. The van der Waals surface area contributed by atoms with Crippen LogP contribution in [0.15, 0.2) is 77.0 Å². The lowest BCUT2D eigenvalue weighted by molar-refractivity contribution is -0.00964. The van der Waals surface area contributed by atoms with Gasteiger partial charge in [0, 0.05) is 45.2 Å². The average molecular weight is 669 g/mol. The summed E-state index contributed by atoms with van der Waals surface area (Å²) in [6.45, 7) is 1.61. The van der Waals surface area contributed by atoms with E-state index in [9.17, 15) is 21.9 Å². The van der Waals surface area contributed by atoms with Gasteiger partial charge in [-0.1, -0.05) is 30.3 Å². The number of aromatic amines is 2. The number of aliphatic hydroxyl groups excluding tert-OH is 1. The number of hydrogen-bond acceptors (Lipinski definition) is 10. The van der Waals surface area contributed by atoms with Crippen LogP contribution >= 0.6 is 0 Å². The fraction of sp³-hybridized carbons (Fsp3) is 0.400. The van der Waals surface area contributed by atoms with Gasteiger partial charge in [0.25, 0.3) is 20.0 Å². The van der Waals surface area contributed by atoms with E-state index in [1.807, 2.05) is 30.3 Å². The summed E-state index contributed by atoms with van der Waals surface area (Å²) in [6, 6.07) is 16.2. The minimum atomic E-state index is -3.71. The van der Waals surface area contributed by atoms with Gasteiger partial charge < -0.3 is 10.2 Å². The van der Waals surface area contributed by atoms with E-state index in [0.717, 1.165) is 24.8 Å². The summed E-state index contributed by atoms with van der Waals surface area (Å²) in [6.07, 6.45) is 6.15. The number of piperidine rings is 2. The molecule has 0 unspecified atom stereocenters. The summed E-state index contributed by atoms with van der Waals surface area (Å²) in [5, 5.41) is 34.1. The topological polar surface area (TPSA) is 198 Å². The maximum absolute atomic E-state index is 13.0. The molecule has 4 aromatic heterocycles. The first-order chi connectivity index (χ1) is 22.1. The minimum absolute atomic E-state index is 0.0563. The Morgan fingerprint density at radius 3 is 1.74 bits per heavy atom. The van der Waals surface area contributed by atoms with E-state index in [1.54, 1.807) is 36.7 Å². The molecule has 46 heavy (non-hydrogen) atoms. The lowest BCUT2D eigenvalue weighted by atomic mass is 9.85.